The number of pyridine rings is 1. The molecule has 23 heavy (non-hydrogen) atoms. The number of carboxylic acid groups (broad SMARTS) is 1. The SMILES string of the molecule is O=C(O)CCC(=O)Nc1ccc2nc(-c3ccncc3)oc2c1. The van der Waals surface area contributed by atoms with Crippen molar-refractivity contribution in [2.75, 3.05) is 5.32 Å². The smallest absolute Gasteiger partial charge is 0.303 e. The number of carbonyl (C=O) groups is 2. The minimum Gasteiger partial charge on any atom is -0.481 e. The molecule has 0 saturated heterocycles. The summed E-state index contributed by atoms with van der Waals surface area (Å²) in [4.78, 5) is 30.4. The van der Waals surface area contributed by atoms with Gasteiger partial charge in [0.05, 0.1) is 6.42 Å². The number of amides is 1. The minimum absolute atomic E-state index is 0.0773. The number of aliphatic carboxylic acids is 1. The van der Waals surface area contributed by atoms with Gasteiger partial charge in [-0.3, -0.25) is 14.6 Å². The third-order valence-corrected chi connectivity index (χ3v) is 3.17. The molecule has 2 N–H and O–H groups in total. The molecule has 7 nitrogen and oxygen atoms in total. The first-order valence-electron chi connectivity index (χ1n) is 6.94. The average Bonchev–Trinajstić information content (AvgIpc) is 2.97. The molecule has 3 aromatic rings. The van der Waals surface area contributed by atoms with Crippen LogP contribution in [0, 0.1) is 0 Å². The van der Waals surface area contributed by atoms with Gasteiger partial charge in [-0.25, -0.2) is 4.98 Å². The van der Waals surface area contributed by atoms with Crippen LogP contribution in [0.5, 0.6) is 0 Å². The third-order valence-electron chi connectivity index (χ3n) is 3.17. The summed E-state index contributed by atoms with van der Waals surface area (Å²) >= 11 is 0. The van der Waals surface area contributed by atoms with E-state index in [4.69, 9.17) is 9.52 Å². The van der Waals surface area contributed by atoms with Crippen LogP contribution in [0.1, 0.15) is 12.8 Å². The molecule has 116 valence electrons. The average molecular weight is 311 g/mol. The quantitative estimate of drug-likeness (QED) is 0.750. The molecule has 0 radical (unpaired) electrons. The fourth-order valence-corrected chi connectivity index (χ4v) is 2.06. The standard InChI is InChI=1S/C16H13N3O4/c20-14(3-4-15(21)22)18-11-1-2-12-13(9-11)23-16(19-12)10-5-7-17-8-6-10/h1-2,5-9H,3-4H2,(H,18,20)(H,21,22). The van der Waals surface area contributed by atoms with Gasteiger partial charge in [-0.05, 0) is 24.3 Å². The molecule has 2 heterocycles. The van der Waals surface area contributed by atoms with E-state index in [0.717, 1.165) is 5.56 Å². The first kappa shape index (κ1) is 14.7. The first-order valence-corrected chi connectivity index (χ1v) is 6.94. The predicted octanol–water partition coefficient (Wildman–Crippen LogP) is 2.69. The van der Waals surface area contributed by atoms with Crippen molar-refractivity contribution in [1.29, 1.82) is 0 Å². The summed E-state index contributed by atoms with van der Waals surface area (Å²) in [6.07, 6.45) is 3.02. The zero-order valence-electron chi connectivity index (χ0n) is 12.0. The van der Waals surface area contributed by atoms with Crippen molar-refractivity contribution < 1.29 is 19.1 Å². The van der Waals surface area contributed by atoms with Gasteiger partial charge in [0.15, 0.2) is 5.58 Å². The van der Waals surface area contributed by atoms with Crippen molar-refractivity contribution in [3.05, 3.63) is 42.7 Å². The molecule has 0 fully saturated rings. The molecule has 0 spiro atoms. The molecule has 3 rings (SSSR count). The molecular formula is C16H13N3O4. The fourth-order valence-electron chi connectivity index (χ4n) is 2.06. The molecule has 1 aromatic carbocycles. The summed E-state index contributed by atoms with van der Waals surface area (Å²) < 4.78 is 5.69. The van der Waals surface area contributed by atoms with Crippen LogP contribution in [0.3, 0.4) is 0 Å². The van der Waals surface area contributed by atoms with E-state index in [-0.39, 0.29) is 18.7 Å². The number of fused-ring (bicyclic) bond motifs is 1. The molecule has 0 unspecified atom stereocenters. The summed E-state index contributed by atoms with van der Waals surface area (Å²) in [5, 5.41) is 11.2. The number of oxazole rings is 1. The molecule has 0 aliphatic heterocycles. The summed E-state index contributed by atoms with van der Waals surface area (Å²) in [5.74, 6) is -0.898. The molecule has 1 amide bonds. The Labute approximate surface area is 131 Å². The largest absolute Gasteiger partial charge is 0.481 e. The number of carboxylic acids is 1. The highest BCUT2D eigenvalue weighted by Crippen LogP contribution is 2.25. The van der Waals surface area contributed by atoms with Gasteiger partial charge in [0.1, 0.15) is 5.52 Å². The maximum Gasteiger partial charge on any atom is 0.303 e. The van der Waals surface area contributed by atoms with Gasteiger partial charge in [0.2, 0.25) is 11.8 Å². The second kappa shape index (κ2) is 6.27. The lowest BCUT2D eigenvalue weighted by atomic mass is 10.2. The van der Waals surface area contributed by atoms with Crippen LogP contribution < -0.4 is 5.32 Å². The van der Waals surface area contributed by atoms with E-state index in [1.165, 1.54) is 0 Å². The Kier molecular flexibility index (Phi) is 4.01. The van der Waals surface area contributed by atoms with Crippen LogP contribution in [0.2, 0.25) is 0 Å². The molecule has 0 saturated carbocycles. The zero-order chi connectivity index (χ0) is 16.2. The van der Waals surface area contributed by atoms with Crippen LogP contribution in [0.25, 0.3) is 22.6 Å². The Balaban J connectivity index is 1.79. The Hall–Kier alpha value is -3.22. The highest BCUT2D eigenvalue weighted by atomic mass is 16.4. The van der Waals surface area contributed by atoms with Crippen molar-refractivity contribution >= 4 is 28.7 Å². The van der Waals surface area contributed by atoms with Gasteiger partial charge < -0.3 is 14.8 Å². The number of hydrogen-bond acceptors (Lipinski definition) is 5. The molecule has 0 bridgehead atoms. The fraction of sp³-hybridized carbons (Fsp3) is 0.125. The number of nitrogens with zero attached hydrogens (tertiary/aromatic N) is 2. The monoisotopic (exact) mass is 311 g/mol. The second-order valence-electron chi connectivity index (χ2n) is 4.88. The Morgan fingerprint density at radius 3 is 2.65 bits per heavy atom. The van der Waals surface area contributed by atoms with Gasteiger partial charge >= 0.3 is 5.97 Å². The second-order valence-corrected chi connectivity index (χ2v) is 4.88. The lowest BCUT2D eigenvalue weighted by molar-refractivity contribution is -0.138. The van der Waals surface area contributed by atoms with Crippen molar-refractivity contribution in [2.45, 2.75) is 12.8 Å². The normalized spacial score (nSPS) is 10.6. The van der Waals surface area contributed by atoms with E-state index in [0.29, 0.717) is 22.7 Å². The number of nitrogens with one attached hydrogen (secondary N) is 1. The highest BCUT2D eigenvalue weighted by molar-refractivity contribution is 5.94. The molecular weight excluding hydrogens is 298 g/mol. The number of anilines is 1. The summed E-state index contributed by atoms with van der Waals surface area (Å²) in [6, 6.07) is 8.67. The van der Waals surface area contributed by atoms with Gasteiger partial charge in [0, 0.05) is 36.1 Å². The molecule has 2 aromatic heterocycles. The number of rotatable bonds is 5. The zero-order valence-corrected chi connectivity index (χ0v) is 12.0. The molecule has 0 aliphatic rings. The highest BCUT2D eigenvalue weighted by Gasteiger charge is 2.10. The summed E-state index contributed by atoms with van der Waals surface area (Å²) in [5.41, 5.74) is 2.54. The third kappa shape index (κ3) is 3.52. The first-order chi connectivity index (χ1) is 11.1. The van der Waals surface area contributed by atoms with Crippen LogP contribution in [0.15, 0.2) is 47.1 Å². The van der Waals surface area contributed by atoms with Gasteiger partial charge in [-0.2, -0.15) is 0 Å². The number of benzene rings is 1. The Bertz CT molecular complexity index is 858. The minimum atomic E-state index is -1.01. The molecule has 0 atom stereocenters. The van der Waals surface area contributed by atoms with Crippen molar-refractivity contribution in [2.24, 2.45) is 0 Å². The Morgan fingerprint density at radius 1 is 1.13 bits per heavy atom. The van der Waals surface area contributed by atoms with Gasteiger partial charge in [-0.15, -0.1) is 0 Å². The number of carbonyl (C=O) groups excluding carboxylic acids is 1. The van der Waals surface area contributed by atoms with E-state index >= 15 is 0 Å². The van der Waals surface area contributed by atoms with Crippen LogP contribution in [-0.4, -0.2) is 27.0 Å². The van der Waals surface area contributed by atoms with E-state index in [1.807, 2.05) is 0 Å². The van der Waals surface area contributed by atoms with E-state index in [1.54, 1.807) is 42.7 Å². The summed E-state index contributed by atoms with van der Waals surface area (Å²) in [6.45, 7) is 0. The van der Waals surface area contributed by atoms with E-state index in [9.17, 15) is 9.59 Å². The van der Waals surface area contributed by atoms with Gasteiger partial charge in [-0.1, -0.05) is 0 Å². The number of aromatic nitrogens is 2. The van der Waals surface area contributed by atoms with Crippen LogP contribution >= 0.6 is 0 Å². The Morgan fingerprint density at radius 2 is 1.91 bits per heavy atom. The van der Waals surface area contributed by atoms with Crippen molar-refractivity contribution in [1.82, 2.24) is 9.97 Å². The molecule has 0 aliphatic carbocycles. The van der Waals surface area contributed by atoms with Crippen LogP contribution in [-0.2, 0) is 9.59 Å². The van der Waals surface area contributed by atoms with Crippen molar-refractivity contribution in [3.8, 4) is 11.5 Å². The maximum atomic E-state index is 11.7. The van der Waals surface area contributed by atoms with Gasteiger partial charge in [0.25, 0.3) is 0 Å². The lowest BCUT2D eigenvalue weighted by Gasteiger charge is -2.03. The van der Waals surface area contributed by atoms with Crippen molar-refractivity contribution in [3.63, 3.8) is 0 Å². The molecule has 7 heteroatoms. The lowest BCUT2D eigenvalue weighted by Crippen LogP contribution is -2.12. The maximum absolute atomic E-state index is 11.7. The topological polar surface area (TPSA) is 105 Å². The summed E-state index contributed by atoms with van der Waals surface area (Å²) in [7, 11) is 0. The van der Waals surface area contributed by atoms with E-state index in [2.05, 4.69) is 15.3 Å². The predicted molar refractivity (Wildman–Crippen MR) is 82.7 cm³/mol. The number of hydrogen-bond donors (Lipinski definition) is 2. The van der Waals surface area contributed by atoms with Crippen LogP contribution in [0.4, 0.5) is 5.69 Å². The van der Waals surface area contributed by atoms with E-state index < -0.39 is 5.97 Å².